The minimum absolute atomic E-state index is 0.181. The predicted octanol–water partition coefficient (Wildman–Crippen LogP) is 4.18. The summed E-state index contributed by atoms with van der Waals surface area (Å²) in [6.07, 6.45) is 1.31. The van der Waals surface area contributed by atoms with Gasteiger partial charge in [0.15, 0.2) is 17.5 Å². The molecule has 0 N–H and O–H groups in total. The molecule has 2 rings (SSSR count). The topological polar surface area (TPSA) is 12.9 Å². The Hall–Kier alpha value is -0.620. The Morgan fingerprint density at radius 2 is 1.73 bits per heavy atom. The average molecular weight is 341 g/mol. The van der Waals surface area contributed by atoms with Crippen LogP contribution in [0.4, 0.5) is 13.2 Å². The van der Waals surface area contributed by atoms with Crippen LogP contribution < -0.4 is 0 Å². The molecule has 0 fully saturated rings. The van der Waals surface area contributed by atoms with Gasteiger partial charge < -0.3 is 0 Å². The highest BCUT2D eigenvalue weighted by Gasteiger charge is 2.16. The Balaban J connectivity index is 2.98. The lowest BCUT2D eigenvalue weighted by Crippen LogP contribution is -1.95. The lowest BCUT2D eigenvalue weighted by Gasteiger charge is -2.04. The van der Waals surface area contributed by atoms with E-state index in [1.165, 1.54) is 6.20 Å². The molecule has 0 amide bonds. The van der Waals surface area contributed by atoms with Crippen molar-refractivity contribution >= 4 is 42.8 Å². The van der Waals surface area contributed by atoms with Crippen LogP contribution in [-0.4, -0.2) is 4.98 Å². The van der Waals surface area contributed by atoms with Crippen molar-refractivity contribution in [2.24, 2.45) is 0 Å². The summed E-state index contributed by atoms with van der Waals surface area (Å²) in [4.78, 5) is 3.68. The summed E-state index contributed by atoms with van der Waals surface area (Å²) >= 11 is 6.27. The molecule has 0 radical (unpaired) electrons. The minimum atomic E-state index is -1.51. The standard InChI is InChI=1S/C9H2Br2F3N/c10-4-2-15-9-3(6(4)11)1-5(12)7(13)8(9)14/h1-2H. The Labute approximate surface area is 99.6 Å². The van der Waals surface area contributed by atoms with Crippen LogP contribution in [0.3, 0.4) is 0 Å². The van der Waals surface area contributed by atoms with Crippen molar-refractivity contribution in [3.63, 3.8) is 0 Å². The summed E-state index contributed by atoms with van der Waals surface area (Å²) in [6, 6.07) is 0.898. The molecular weight excluding hydrogens is 339 g/mol. The van der Waals surface area contributed by atoms with Crippen LogP contribution in [0.2, 0.25) is 0 Å². The number of halogens is 5. The molecule has 0 atom stereocenters. The lowest BCUT2D eigenvalue weighted by molar-refractivity contribution is 0.452. The molecule has 0 saturated heterocycles. The van der Waals surface area contributed by atoms with Crippen LogP contribution in [0.15, 0.2) is 21.2 Å². The second-order valence-electron chi connectivity index (χ2n) is 2.80. The van der Waals surface area contributed by atoms with Gasteiger partial charge in [-0.1, -0.05) is 0 Å². The van der Waals surface area contributed by atoms with E-state index in [4.69, 9.17) is 0 Å². The van der Waals surface area contributed by atoms with Gasteiger partial charge in [0, 0.05) is 16.1 Å². The number of hydrogen-bond donors (Lipinski definition) is 0. The molecule has 0 spiro atoms. The van der Waals surface area contributed by atoms with E-state index in [9.17, 15) is 13.2 Å². The molecule has 0 aliphatic heterocycles. The van der Waals surface area contributed by atoms with Crippen LogP contribution >= 0.6 is 31.9 Å². The van der Waals surface area contributed by atoms with E-state index in [1.54, 1.807) is 0 Å². The maximum Gasteiger partial charge on any atom is 0.196 e. The van der Waals surface area contributed by atoms with Crippen molar-refractivity contribution < 1.29 is 13.2 Å². The second kappa shape index (κ2) is 3.75. The third-order valence-electron chi connectivity index (χ3n) is 1.89. The molecule has 0 aliphatic rings. The van der Waals surface area contributed by atoms with Gasteiger partial charge in [-0.15, -0.1) is 0 Å². The minimum Gasteiger partial charge on any atom is -0.252 e. The van der Waals surface area contributed by atoms with Gasteiger partial charge in [-0.05, 0) is 37.9 Å². The van der Waals surface area contributed by atoms with Crippen molar-refractivity contribution in [3.8, 4) is 0 Å². The average Bonchev–Trinajstić information content (AvgIpc) is 2.21. The quantitative estimate of drug-likeness (QED) is 0.656. The molecule has 15 heavy (non-hydrogen) atoms. The number of nitrogens with zero attached hydrogens (tertiary/aromatic N) is 1. The summed E-state index contributed by atoms with van der Waals surface area (Å²) in [5.74, 6) is -4.02. The first kappa shape index (κ1) is 10.9. The summed E-state index contributed by atoms with van der Waals surface area (Å²) in [7, 11) is 0. The van der Waals surface area contributed by atoms with E-state index in [-0.39, 0.29) is 10.9 Å². The van der Waals surface area contributed by atoms with Gasteiger partial charge in [0.2, 0.25) is 0 Å². The molecule has 0 unspecified atom stereocenters. The van der Waals surface area contributed by atoms with E-state index in [2.05, 4.69) is 36.8 Å². The summed E-state index contributed by atoms with van der Waals surface area (Å²) in [5.41, 5.74) is -0.205. The third-order valence-corrected chi connectivity index (χ3v) is 3.88. The highest BCUT2D eigenvalue weighted by Crippen LogP contribution is 2.32. The SMILES string of the molecule is Fc1cc2c(Br)c(Br)cnc2c(F)c1F. The van der Waals surface area contributed by atoms with Crippen molar-refractivity contribution in [3.05, 3.63) is 38.7 Å². The van der Waals surface area contributed by atoms with Gasteiger partial charge >= 0.3 is 0 Å². The summed E-state index contributed by atoms with van der Waals surface area (Å²) in [5, 5.41) is 0.181. The fourth-order valence-electron chi connectivity index (χ4n) is 1.19. The molecule has 0 aliphatic carbocycles. The normalized spacial score (nSPS) is 11.0. The number of pyridine rings is 1. The molecule has 0 saturated carbocycles. The van der Waals surface area contributed by atoms with E-state index < -0.39 is 17.5 Å². The molecule has 6 heteroatoms. The monoisotopic (exact) mass is 339 g/mol. The van der Waals surface area contributed by atoms with E-state index in [0.29, 0.717) is 8.95 Å². The van der Waals surface area contributed by atoms with Crippen molar-refractivity contribution in [2.45, 2.75) is 0 Å². The van der Waals surface area contributed by atoms with Crippen LogP contribution in [0.25, 0.3) is 10.9 Å². The number of fused-ring (bicyclic) bond motifs is 1. The summed E-state index contributed by atoms with van der Waals surface area (Å²) in [6.45, 7) is 0. The highest BCUT2D eigenvalue weighted by molar-refractivity contribution is 9.13. The molecule has 2 aromatic rings. The maximum atomic E-state index is 13.3. The first-order valence-corrected chi connectivity index (χ1v) is 5.38. The van der Waals surface area contributed by atoms with Crippen LogP contribution in [-0.2, 0) is 0 Å². The molecule has 1 heterocycles. The molecule has 0 bridgehead atoms. The maximum absolute atomic E-state index is 13.3. The Morgan fingerprint density at radius 3 is 2.40 bits per heavy atom. The highest BCUT2D eigenvalue weighted by atomic mass is 79.9. The second-order valence-corrected chi connectivity index (χ2v) is 4.45. The smallest absolute Gasteiger partial charge is 0.196 e. The number of benzene rings is 1. The Morgan fingerprint density at radius 1 is 1.07 bits per heavy atom. The van der Waals surface area contributed by atoms with Gasteiger partial charge in [-0.2, -0.15) is 0 Å². The van der Waals surface area contributed by atoms with Gasteiger partial charge in [0.05, 0.1) is 4.47 Å². The van der Waals surface area contributed by atoms with Gasteiger partial charge in [0.25, 0.3) is 0 Å². The van der Waals surface area contributed by atoms with E-state index in [0.717, 1.165) is 6.07 Å². The first-order chi connectivity index (χ1) is 7.02. The number of hydrogen-bond acceptors (Lipinski definition) is 1. The third kappa shape index (κ3) is 1.65. The zero-order valence-electron chi connectivity index (χ0n) is 6.99. The zero-order valence-corrected chi connectivity index (χ0v) is 10.2. The number of rotatable bonds is 0. The first-order valence-electron chi connectivity index (χ1n) is 3.79. The zero-order chi connectivity index (χ0) is 11.2. The van der Waals surface area contributed by atoms with Crippen molar-refractivity contribution in [1.82, 2.24) is 4.98 Å². The molecule has 1 nitrogen and oxygen atoms in total. The molecule has 1 aromatic carbocycles. The van der Waals surface area contributed by atoms with Gasteiger partial charge in [-0.25, -0.2) is 13.2 Å². The van der Waals surface area contributed by atoms with Crippen LogP contribution in [0, 0.1) is 17.5 Å². The molecule has 1 aromatic heterocycles. The molecular formula is C9H2Br2F3N. The Bertz CT molecular complexity index is 557. The van der Waals surface area contributed by atoms with Gasteiger partial charge in [-0.3, -0.25) is 4.98 Å². The largest absolute Gasteiger partial charge is 0.252 e. The fourth-order valence-corrected chi connectivity index (χ4v) is 1.91. The number of aromatic nitrogens is 1. The van der Waals surface area contributed by atoms with Crippen LogP contribution in [0.1, 0.15) is 0 Å². The van der Waals surface area contributed by atoms with Gasteiger partial charge in [0.1, 0.15) is 5.52 Å². The van der Waals surface area contributed by atoms with Crippen LogP contribution in [0.5, 0.6) is 0 Å². The Kier molecular flexibility index (Phi) is 2.72. The lowest BCUT2D eigenvalue weighted by atomic mass is 10.2. The predicted molar refractivity (Wildman–Crippen MR) is 57.0 cm³/mol. The van der Waals surface area contributed by atoms with Crippen molar-refractivity contribution in [2.75, 3.05) is 0 Å². The summed E-state index contributed by atoms with van der Waals surface area (Å²) < 4.78 is 40.1. The van der Waals surface area contributed by atoms with E-state index in [1.807, 2.05) is 0 Å². The van der Waals surface area contributed by atoms with Crippen molar-refractivity contribution in [1.29, 1.82) is 0 Å². The molecule has 78 valence electrons. The van der Waals surface area contributed by atoms with E-state index >= 15 is 0 Å². The fraction of sp³-hybridized carbons (Fsp3) is 0.